The van der Waals surface area contributed by atoms with Crippen LogP contribution in [0.3, 0.4) is 0 Å². The van der Waals surface area contributed by atoms with Crippen LogP contribution in [0.4, 0.5) is 5.82 Å². The summed E-state index contributed by atoms with van der Waals surface area (Å²) in [6.45, 7) is 0. The van der Waals surface area contributed by atoms with Gasteiger partial charge in [0.25, 0.3) is 5.56 Å². The fourth-order valence-electron chi connectivity index (χ4n) is 1.51. The van der Waals surface area contributed by atoms with Crippen LogP contribution in [-0.4, -0.2) is 19.1 Å². The highest BCUT2D eigenvalue weighted by atomic mass is 32.2. The minimum atomic E-state index is -0.352. The van der Waals surface area contributed by atoms with Crippen molar-refractivity contribution in [1.82, 2.24) is 19.1 Å². The number of hydrogen-bond donors (Lipinski definition) is 1. The molecule has 0 fully saturated rings. The van der Waals surface area contributed by atoms with E-state index in [0.717, 1.165) is 4.57 Å². The van der Waals surface area contributed by atoms with Gasteiger partial charge in [0.2, 0.25) is 0 Å². The molecule has 2 heterocycles. The molecule has 0 saturated carbocycles. The number of anilines is 1. The Morgan fingerprint density at radius 3 is 2.58 bits per heavy atom. The zero-order valence-electron chi connectivity index (χ0n) is 10.5. The molecule has 0 unspecified atom stereocenters. The lowest BCUT2D eigenvalue weighted by atomic mass is 10.4. The van der Waals surface area contributed by atoms with E-state index in [1.807, 2.05) is 0 Å². The first-order valence-electron chi connectivity index (χ1n) is 5.46. The van der Waals surface area contributed by atoms with Gasteiger partial charge in [-0.25, -0.2) is 14.8 Å². The molecule has 2 N–H and O–H groups in total. The molecule has 2 aromatic rings. The highest BCUT2D eigenvalue weighted by Gasteiger charge is 2.08. The molecule has 0 aromatic carbocycles. The molecule has 2 rings (SSSR count). The van der Waals surface area contributed by atoms with Gasteiger partial charge < -0.3 is 5.73 Å². The molecule has 7 nitrogen and oxygen atoms in total. The topological polar surface area (TPSA) is 95.8 Å². The lowest BCUT2D eigenvalue weighted by Crippen LogP contribution is -2.37. The molecular weight excluding hydrogens is 266 g/mol. The van der Waals surface area contributed by atoms with Crippen LogP contribution in [0, 0.1) is 0 Å². The van der Waals surface area contributed by atoms with E-state index in [9.17, 15) is 9.59 Å². The van der Waals surface area contributed by atoms with E-state index in [4.69, 9.17) is 5.73 Å². The molecule has 0 radical (unpaired) electrons. The standard InChI is InChI=1S/C11H13N5O2S/c1-15-7(5-8(17)16(2)11(15)18)6-19-10-9(12)13-3-4-14-10/h3-5H,6H2,1-2H3,(H2,12,13). The zero-order chi connectivity index (χ0) is 14.0. The van der Waals surface area contributed by atoms with E-state index in [0.29, 0.717) is 22.3 Å². The predicted molar refractivity (Wildman–Crippen MR) is 72.9 cm³/mol. The van der Waals surface area contributed by atoms with Crippen LogP contribution in [0.1, 0.15) is 5.69 Å². The van der Waals surface area contributed by atoms with E-state index in [1.165, 1.54) is 35.6 Å². The Hall–Kier alpha value is -2.09. The first-order chi connectivity index (χ1) is 9.00. The van der Waals surface area contributed by atoms with Crippen molar-refractivity contribution in [2.75, 3.05) is 5.73 Å². The molecule has 0 aliphatic heterocycles. The van der Waals surface area contributed by atoms with Crippen LogP contribution < -0.4 is 17.0 Å². The van der Waals surface area contributed by atoms with Gasteiger partial charge in [0, 0.05) is 44.0 Å². The van der Waals surface area contributed by atoms with Crippen molar-refractivity contribution in [1.29, 1.82) is 0 Å². The van der Waals surface area contributed by atoms with E-state index in [1.54, 1.807) is 13.2 Å². The van der Waals surface area contributed by atoms with Crippen molar-refractivity contribution in [2.45, 2.75) is 10.8 Å². The third kappa shape index (κ3) is 2.68. The van der Waals surface area contributed by atoms with Gasteiger partial charge in [0.1, 0.15) is 5.03 Å². The van der Waals surface area contributed by atoms with Gasteiger partial charge in [0.05, 0.1) is 0 Å². The summed E-state index contributed by atoms with van der Waals surface area (Å²) in [5, 5.41) is 0.579. The summed E-state index contributed by atoms with van der Waals surface area (Å²) in [6, 6.07) is 1.43. The Labute approximate surface area is 113 Å². The van der Waals surface area contributed by atoms with Crippen LogP contribution in [0.25, 0.3) is 0 Å². The summed E-state index contributed by atoms with van der Waals surface area (Å²) in [5.74, 6) is 0.756. The normalized spacial score (nSPS) is 10.6. The van der Waals surface area contributed by atoms with Gasteiger partial charge in [-0.15, -0.1) is 0 Å². The molecule has 0 bridgehead atoms. The van der Waals surface area contributed by atoms with Crippen LogP contribution in [0.5, 0.6) is 0 Å². The minimum absolute atomic E-state index is 0.328. The maximum atomic E-state index is 11.8. The largest absolute Gasteiger partial charge is 0.381 e. The number of hydrogen-bond acceptors (Lipinski definition) is 6. The molecule has 8 heteroatoms. The Morgan fingerprint density at radius 1 is 1.21 bits per heavy atom. The van der Waals surface area contributed by atoms with Crippen molar-refractivity contribution in [3.8, 4) is 0 Å². The Bertz CT molecular complexity index is 722. The lowest BCUT2D eigenvalue weighted by Gasteiger charge is -2.09. The monoisotopic (exact) mass is 279 g/mol. The molecule has 19 heavy (non-hydrogen) atoms. The van der Waals surface area contributed by atoms with Gasteiger partial charge in [-0.3, -0.25) is 13.9 Å². The van der Waals surface area contributed by atoms with E-state index < -0.39 is 0 Å². The smallest absolute Gasteiger partial charge is 0.330 e. The average molecular weight is 279 g/mol. The molecular formula is C11H13N5O2S. The van der Waals surface area contributed by atoms with Crippen molar-refractivity contribution in [3.05, 3.63) is 45.0 Å². The highest BCUT2D eigenvalue weighted by Crippen LogP contribution is 2.22. The molecule has 0 aliphatic rings. The average Bonchev–Trinajstić information content (AvgIpc) is 2.40. The summed E-state index contributed by atoms with van der Waals surface area (Å²) in [5.41, 5.74) is 5.61. The summed E-state index contributed by atoms with van der Waals surface area (Å²) < 4.78 is 2.49. The van der Waals surface area contributed by atoms with Crippen molar-refractivity contribution >= 4 is 17.6 Å². The third-order valence-corrected chi connectivity index (χ3v) is 3.70. The van der Waals surface area contributed by atoms with Crippen LogP contribution >= 0.6 is 11.8 Å². The van der Waals surface area contributed by atoms with Gasteiger partial charge in [0.15, 0.2) is 5.82 Å². The second kappa shape index (κ2) is 5.27. The minimum Gasteiger partial charge on any atom is -0.381 e. The molecule has 0 aliphatic carbocycles. The fraction of sp³-hybridized carbons (Fsp3) is 0.273. The molecule has 0 atom stereocenters. The number of thioether (sulfide) groups is 1. The number of nitrogen functional groups attached to an aromatic ring is 1. The second-order valence-corrected chi connectivity index (χ2v) is 4.87. The van der Waals surface area contributed by atoms with Gasteiger partial charge >= 0.3 is 5.69 Å². The second-order valence-electron chi connectivity index (χ2n) is 3.91. The van der Waals surface area contributed by atoms with Crippen molar-refractivity contribution in [3.63, 3.8) is 0 Å². The van der Waals surface area contributed by atoms with Gasteiger partial charge in [-0.1, -0.05) is 11.8 Å². The summed E-state index contributed by atoms with van der Waals surface area (Å²) in [6.07, 6.45) is 3.05. The quantitative estimate of drug-likeness (QED) is 0.778. The molecule has 100 valence electrons. The van der Waals surface area contributed by atoms with E-state index in [-0.39, 0.29) is 11.2 Å². The zero-order valence-corrected chi connectivity index (χ0v) is 11.3. The maximum absolute atomic E-state index is 11.8. The van der Waals surface area contributed by atoms with Crippen LogP contribution in [0.2, 0.25) is 0 Å². The summed E-state index contributed by atoms with van der Waals surface area (Å²) in [4.78, 5) is 31.3. The Kier molecular flexibility index (Phi) is 3.70. The molecule has 0 spiro atoms. The number of aromatic nitrogens is 4. The summed E-state index contributed by atoms with van der Waals surface area (Å²) in [7, 11) is 3.07. The van der Waals surface area contributed by atoms with Crippen LogP contribution in [-0.2, 0) is 19.8 Å². The molecule has 0 saturated heterocycles. The molecule has 2 aromatic heterocycles. The van der Waals surface area contributed by atoms with Gasteiger partial charge in [-0.05, 0) is 0 Å². The first-order valence-corrected chi connectivity index (χ1v) is 6.44. The van der Waals surface area contributed by atoms with Crippen molar-refractivity contribution in [2.24, 2.45) is 14.1 Å². The Balaban J connectivity index is 2.29. The molecule has 0 amide bonds. The first kappa shape index (κ1) is 13.3. The van der Waals surface area contributed by atoms with E-state index >= 15 is 0 Å². The predicted octanol–water partition coefficient (Wildman–Crippen LogP) is -0.252. The van der Waals surface area contributed by atoms with Crippen molar-refractivity contribution < 1.29 is 0 Å². The van der Waals surface area contributed by atoms with Crippen LogP contribution in [0.15, 0.2) is 33.1 Å². The maximum Gasteiger partial charge on any atom is 0.330 e. The lowest BCUT2D eigenvalue weighted by molar-refractivity contribution is 0.665. The van der Waals surface area contributed by atoms with E-state index in [2.05, 4.69) is 9.97 Å². The fourth-order valence-corrected chi connectivity index (χ4v) is 2.40. The number of nitrogens with zero attached hydrogens (tertiary/aromatic N) is 4. The number of nitrogens with two attached hydrogens (primary N) is 1. The highest BCUT2D eigenvalue weighted by molar-refractivity contribution is 7.98. The number of rotatable bonds is 3. The Morgan fingerprint density at radius 2 is 1.89 bits per heavy atom. The SMILES string of the molecule is Cn1c(CSc2nccnc2N)cc(=O)n(C)c1=O. The van der Waals surface area contributed by atoms with Gasteiger partial charge in [-0.2, -0.15) is 0 Å². The summed E-state index contributed by atoms with van der Waals surface area (Å²) >= 11 is 1.33. The third-order valence-electron chi connectivity index (χ3n) is 2.67.